The van der Waals surface area contributed by atoms with Gasteiger partial charge in [0.1, 0.15) is 12.7 Å². The van der Waals surface area contributed by atoms with Crippen LogP contribution in [0.5, 0.6) is 0 Å². The van der Waals surface area contributed by atoms with Crippen molar-refractivity contribution in [3.63, 3.8) is 0 Å². The molecule has 1 aliphatic heterocycles. The van der Waals surface area contributed by atoms with Crippen LogP contribution in [0.3, 0.4) is 0 Å². The molecule has 1 saturated heterocycles. The van der Waals surface area contributed by atoms with Gasteiger partial charge in [0, 0.05) is 19.4 Å². The van der Waals surface area contributed by atoms with Crippen molar-refractivity contribution in [2.24, 2.45) is 5.73 Å². The summed E-state index contributed by atoms with van der Waals surface area (Å²) in [5.74, 6) is -2.36. The molecule has 0 bridgehead atoms. The third kappa shape index (κ3) is 6.96. The summed E-state index contributed by atoms with van der Waals surface area (Å²) in [5, 5.41) is 10.4. The van der Waals surface area contributed by atoms with Gasteiger partial charge in [0.2, 0.25) is 5.79 Å². The van der Waals surface area contributed by atoms with Gasteiger partial charge in [-0.15, -0.1) is 0 Å². The molecule has 186 valence electrons. The van der Waals surface area contributed by atoms with E-state index in [1.54, 1.807) is 0 Å². The Morgan fingerprint density at radius 3 is 2.38 bits per heavy atom. The number of aromatic nitrogens is 2. The molecule has 0 aliphatic carbocycles. The number of aromatic amines is 1. The summed E-state index contributed by atoms with van der Waals surface area (Å²) in [7, 11) is -16.7. The summed E-state index contributed by atoms with van der Waals surface area (Å²) in [6, 6.07) is -0.495. The van der Waals surface area contributed by atoms with Crippen LogP contribution in [-0.2, 0) is 36.3 Å². The summed E-state index contributed by atoms with van der Waals surface area (Å²) in [4.78, 5) is 64.6. The van der Waals surface area contributed by atoms with Crippen LogP contribution in [0, 0.1) is 0 Å². The van der Waals surface area contributed by atoms with Crippen molar-refractivity contribution in [3.8, 4) is 0 Å². The van der Waals surface area contributed by atoms with Crippen LogP contribution >= 0.6 is 23.5 Å². The second-order valence-corrected chi connectivity index (χ2v) is 10.2. The maximum atomic E-state index is 11.9. The normalized spacial score (nSPS) is 31.2. The Hall–Kier alpha value is -1.07. The smallest absolute Gasteiger partial charge is 0.478 e. The van der Waals surface area contributed by atoms with Gasteiger partial charge in [-0.05, 0) is 0 Å². The first kappa shape index (κ1) is 29.0. The predicted molar refractivity (Wildman–Crippen MR) is 97.3 cm³/mol. The van der Waals surface area contributed by atoms with Crippen molar-refractivity contribution in [1.82, 2.24) is 9.55 Å². The van der Waals surface area contributed by atoms with Crippen molar-refractivity contribution in [1.29, 1.82) is 0 Å². The van der Waals surface area contributed by atoms with Gasteiger partial charge in [-0.2, -0.15) is 0 Å². The van der Waals surface area contributed by atoms with E-state index < -0.39 is 65.5 Å². The number of phosphoric acid groups is 3. The number of nitrogens with one attached hydrogen (secondary N) is 1. The average molecular weight is 527 g/mol. The van der Waals surface area contributed by atoms with E-state index in [1.165, 1.54) is 0 Å². The van der Waals surface area contributed by atoms with E-state index in [0.717, 1.165) is 23.9 Å². The van der Waals surface area contributed by atoms with Gasteiger partial charge < -0.3 is 39.9 Å². The Morgan fingerprint density at radius 1 is 1.28 bits per heavy atom. The summed E-state index contributed by atoms with van der Waals surface area (Å²) in [6.45, 7) is -1.24. The maximum absolute atomic E-state index is 11.9. The fourth-order valence-electron chi connectivity index (χ4n) is 2.48. The lowest BCUT2D eigenvalue weighted by Crippen LogP contribution is -2.50. The molecule has 0 spiro atoms. The van der Waals surface area contributed by atoms with Crippen LogP contribution in [0.25, 0.3) is 0 Å². The molecular weight excluding hydrogens is 507 g/mol. The van der Waals surface area contributed by atoms with E-state index >= 15 is 0 Å². The molecule has 0 amide bonds. The first-order valence-electron chi connectivity index (χ1n) is 7.74. The van der Waals surface area contributed by atoms with Crippen LogP contribution in [0.1, 0.15) is 13.7 Å². The van der Waals surface area contributed by atoms with Crippen molar-refractivity contribution in [2.75, 3.05) is 13.7 Å². The van der Waals surface area contributed by atoms with Gasteiger partial charge in [0.15, 0.2) is 6.23 Å². The van der Waals surface area contributed by atoms with Gasteiger partial charge in [0.05, 0.1) is 6.04 Å². The van der Waals surface area contributed by atoms with Gasteiger partial charge in [0.25, 0.3) is 21.2 Å². The predicted octanol–water partition coefficient (Wildman–Crippen LogP) is -3.19. The summed E-state index contributed by atoms with van der Waals surface area (Å²) < 4.78 is 55.7. The van der Waals surface area contributed by atoms with Gasteiger partial charge in [-0.3, -0.25) is 28.0 Å². The van der Waals surface area contributed by atoms with E-state index in [9.17, 15) is 43.1 Å². The number of hydrogen-bond acceptors (Lipinski definition) is 14. The minimum atomic E-state index is -6.09. The zero-order valence-corrected chi connectivity index (χ0v) is 17.9. The summed E-state index contributed by atoms with van der Waals surface area (Å²) in [6.07, 6.45) is -2.36. The Kier molecular flexibility index (Phi) is 9.09. The summed E-state index contributed by atoms with van der Waals surface area (Å²) in [5.41, 5.74) is 4.06. The number of rotatable bonds is 9. The van der Waals surface area contributed by atoms with E-state index in [2.05, 4.69) is 13.1 Å². The number of aliphatic hydroxyl groups is 1. The Bertz CT molecular complexity index is 1070. The van der Waals surface area contributed by atoms with Crippen LogP contribution in [-0.4, -0.2) is 56.1 Å². The van der Waals surface area contributed by atoms with E-state index in [1.807, 2.05) is 4.98 Å². The third-order valence-electron chi connectivity index (χ3n) is 3.77. The number of aliphatic hydroxyl groups excluding tert-OH is 1. The highest BCUT2D eigenvalue weighted by Crippen LogP contribution is 2.63. The number of nitrogens with two attached hydrogens (primary N) is 1. The second-order valence-electron chi connectivity index (χ2n) is 5.89. The van der Waals surface area contributed by atoms with Gasteiger partial charge in [-0.25, -0.2) is 18.0 Å². The topological polar surface area (TPSA) is 285 Å². The molecule has 21 heteroatoms. The lowest BCUT2D eigenvalue weighted by Gasteiger charge is -2.32. The fourth-order valence-corrected chi connectivity index (χ4v) is 5.42. The average Bonchev–Trinajstić information content (AvgIpc) is 2.82. The van der Waals surface area contributed by atoms with Crippen molar-refractivity contribution in [2.45, 2.75) is 31.6 Å². The molecule has 2 rings (SSSR count). The quantitative estimate of drug-likeness (QED) is 0.198. The van der Waals surface area contributed by atoms with Crippen LogP contribution < -0.4 is 26.8 Å². The van der Waals surface area contributed by atoms with Crippen molar-refractivity contribution in [3.05, 3.63) is 33.1 Å². The van der Waals surface area contributed by atoms with E-state index in [0.29, 0.717) is 0 Å². The molecule has 0 radical (unpaired) electrons. The highest BCUT2D eigenvalue weighted by atomic mass is 31.3. The highest BCUT2D eigenvalue weighted by Gasteiger charge is 2.56. The Morgan fingerprint density at radius 2 is 1.88 bits per heavy atom. The molecule has 1 aromatic rings. The van der Waals surface area contributed by atoms with Crippen molar-refractivity contribution >= 4 is 23.5 Å². The molecule has 1 aromatic heterocycles. The number of ether oxygens (including phenoxy) is 2. The highest BCUT2D eigenvalue weighted by molar-refractivity contribution is 7.65. The molecule has 7 atom stereocenters. The number of H-pyrrole nitrogens is 1. The van der Waals surface area contributed by atoms with E-state index in [-0.39, 0.29) is 7.43 Å². The zero-order valence-electron chi connectivity index (χ0n) is 15.2. The van der Waals surface area contributed by atoms with Crippen molar-refractivity contribution < 1.29 is 61.0 Å². The number of nitrogens with zero attached hydrogens (tertiary/aromatic N) is 1. The Labute approximate surface area is 178 Å². The molecule has 3 unspecified atom stereocenters. The number of hydrogen-bond donors (Lipinski definition) is 5. The zero-order chi connectivity index (χ0) is 23.8. The summed E-state index contributed by atoms with van der Waals surface area (Å²) >= 11 is 0. The van der Waals surface area contributed by atoms with Crippen LogP contribution in [0.15, 0.2) is 21.9 Å². The minimum absolute atomic E-state index is 0. The molecule has 2 heterocycles. The van der Waals surface area contributed by atoms with Crippen LogP contribution in [0.4, 0.5) is 0 Å². The lowest BCUT2D eigenvalue weighted by atomic mass is 10.1. The molecule has 32 heavy (non-hydrogen) atoms. The minimum Gasteiger partial charge on any atom is -0.756 e. The van der Waals surface area contributed by atoms with Gasteiger partial charge in [-0.1, -0.05) is 7.43 Å². The standard InChI is InChI=1S/C10H18N3O15P3.CH4/c1-24-10(4-25-30(20,21)28-31(22,23)27-29(17,18)19)7(15)6(11)8(26-10)13-3-2-5(14)12-9(13)16;/h2-3,6-8,15H,4,11H2,1H3,(H,20,21)(H,22,23)(H,12,14,16)(H2,17,18,19);1H4/p-2/t6-,7+,8-,10-;/m1./s1. The molecule has 18 nitrogen and oxygen atoms in total. The molecule has 6 N–H and O–H groups in total. The first-order valence-corrected chi connectivity index (χ1v) is 12.2. The third-order valence-corrected chi connectivity index (χ3v) is 7.48. The molecule has 1 aliphatic rings. The molecular formula is C11H20N3O15P3-2. The number of methoxy groups -OCH3 is 1. The van der Waals surface area contributed by atoms with Crippen LogP contribution in [0.2, 0.25) is 0 Å². The Balaban J connectivity index is 0.00000512. The molecule has 1 fully saturated rings. The largest absolute Gasteiger partial charge is 0.756 e. The SMILES string of the molecule is C.CO[C@]1(COP(=O)(O)OP(=O)([O-])OP(=O)([O-])O)O[C@@H](n2ccc(=O)[nH]c2=O)[C@H](N)[C@@H]1O. The monoisotopic (exact) mass is 527 g/mol. The first-order chi connectivity index (χ1) is 14.0. The lowest BCUT2D eigenvalue weighted by molar-refractivity contribution is -0.268. The molecule has 0 saturated carbocycles. The van der Waals surface area contributed by atoms with E-state index in [4.69, 9.17) is 20.1 Å². The number of phosphoric ester groups is 1. The van der Waals surface area contributed by atoms with Gasteiger partial charge >= 0.3 is 13.5 Å². The maximum Gasteiger partial charge on any atom is 0.478 e. The second kappa shape index (κ2) is 10.0. The molecule has 0 aromatic carbocycles. The fraction of sp³-hybridized carbons (Fsp3) is 0.636.